The van der Waals surface area contributed by atoms with Crippen molar-refractivity contribution >= 4 is 12.0 Å². The summed E-state index contributed by atoms with van der Waals surface area (Å²) in [4.78, 5) is 12.6. The molecule has 0 spiro atoms. The number of rotatable bonds is 3. The van der Waals surface area contributed by atoms with Gasteiger partial charge < -0.3 is 9.47 Å². The molecule has 1 aromatic carbocycles. The van der Waals surface area contributed by atoms with Crippen molar-refractivity contribution in [1.29, 1.82) is 0 Å². The highest BCUT2D eigenvalue weighted by atomic mass is 16.5. The average Bonchev–Trinajstić information content (AvgIpc) is 2.59. The van der Waals surface area contributed by atoms with Crippen LogP contribution < -0.4 is 4.74 Å². The molecular weight excluding hydrogens is 312 g/mol. The number of allylic oxidation sites excluding steroid dienone is 1. The van der Waals surface area contributed by atoms with E-state index in [1.807, 2.05) is 0 Å². The molecule has 1 fully saturated rings. The largest absolute Gasteiger partial charge is 0.496 e. The molecule has 1 aromatic rings. The van der Waals surface area contributed by atoms with Gasteiger partial charge in [0.05, 0.1) is 19.6 Å². The Morgan fingerprint density at radius 1 is 1.20 bits per heavy atom. The molecule has 2 aliphatic carbocycles. The SMILES string of the molecule is COC(=O)[C@]1(C)CCC[C@]2(C)c3ccc(C(C)C)c(OC)c3C=CC12. The molecule has 136 valence electrons. The topological polar surface area (TPSA) is 35.5 Å². The highest BCUT2D eigenvalue weighted by Crippen LogP contribution is 2.57. The van der Waals surface area contributed by atoms with Crippen LogP contribution >= 0.6 is 0 Å². The summed E-state index contributed by atoms with van der Waals surface area (Å²) in [6.07, 6.45) is 7.37. The zero-order valence-electron chi connectivity index (χ0n) is 16.3. The van der Waals surface area contributed by atoms with E-state index in [1.54, 1.807) is 7.11 Å². The maximum Gasteiger partial charge on any atom is 0.312 e. The summed E-state index contributed by atoms with van der Waals surface area (Å²) in [6.45, 7) is 8.75. The normalized spacial score (nSPS) is 30.6. The number of methoxy groups -OCH3 is 2. The second kappa shape index (κ2) is 6.19. The van der Waals surface area contributed by atoms with Gasteiger partial charge in [0.25, 0.3) is 0 Å². The number of carbonyl (C=O) groups excluding carboxylic acids is 1. The first-order valence-corrected chi connectivity index (χ1v) is 9.27. The van der Waals surface area contributed by atoms with Gasteiger partial charge in [-0.05, 0) is 36.8 Å². The summed E-state index contributed by atoms with van der Waals surface area (Å²) < 4.78 is 11.0. The molecule has 1 unspecified atom stereocenters. The van der Waals surface area contributed by atoms with Gasteiger partial charge in [0.2, 0.25) is 0 Å². The van der Waals surface area contributed by atoms with Gasteiger partial charge in [-0.15, -0.1) is 0 Å². The fourth-order valence-electron chi connectivity index (χ4n) is 5.18. The minimum absolute atomic E-state index is 0.0753. The first kappa shape index (κ1) is 18.0. The Hall–Kier alpha value is -1.77. The molecule has 25 heavy (non-hydrogen) atoms. The third-order valence-electron chi connectivity index (χ3n) is 6.54. The van der Waals surface area contributed by atoms with E-state index in [0.29, 0.717) is 5.92 Å². The molecule has 0 N–H and O–H groups in total. The first-order chi connectivity index (χ1) is 11.8. The van der Waals surface area contributed by atoms with E-state index in [9.17, 15) is 4.79 Å². The maximum atomic E-state index is 12.6. The lowest BCUT2D eigenvalue weighted by Crippen LogP contribution is -2.51. The number of hydrogen-bond acceptors (Lipinski definition) is 3. The summed E-state index contributed by atoms with van der Waals surface area (Å²) in [5.74, 6) is 1.44. The summed E-state index contributed by atoms with van der Waals surface area (Å²) >= 11 is 0. The molecule has 0 saturated heterocycles. The summed E-state index contributed by atoms with van der Waals surface area (Å²) in [6, 6.07) is 4.46. The zero-order valence-corrected chi connectivity index (χ0v) is 16.3. The van der Waals surface area contributed by atoms with Crippen LogP contribution in [0.1, 0.15) is 69.6 Å². The van der Waals surface area contributed by atoms with Crippen molar-refractivity contribution in [2.24, 2.45) is 11.3 Å². The molecule has 3 rings (SSSR count). The quantitative estimate of drug-likeness (QED) is 0.718. The van der Waals surface area contributed by atoms with E-state index >= 15 is 0 Å². The van der Waals surface area contributed by atoms with E-state index in [2.05, 4.69) is 52.0 Å². The van der Waals surface area contributed by atoms with E-state index in [-0.39, 0.29) is 17.3 Å². The average molecular weight is 342 g/mol. The molecule has 0 aliphatic heterocycles. The Labute approximate surface area is 151 Å². The maximum absolute atomic E-state index is 12.6. The lowest BCUT2D eigenvalue weighted by molar-refractivity contribution is -0.158. The van der Waals surface area contributed by atoms with Crippen LogP contribution in [0.25, 0.3) is 6.08 Å². The minimum Gasteiger partial charge on any atom is -0.496 e. The number of ether oxygens (including phenoxy) is 2. The van der Waals surface area contributed by atoms with Crippen LogP contribution in [0.5, 0.6) is 5.75 Å². The Morgan fingerprint density at radius 2 is 1.92 bits per heavy atom. The second-order valence-electron chi connectivity index (χ2n) is 8.32. The third kappa shape index (κ3) is 2.51. The van der Waals surface area contributed by atoms with Crippen LogP contribution in [-0.4, -0.2) is 20.2 Å². The Bertz CT molecular complexity index is 718. The standard InChI is InChI=1S/C22H30O3/c1-14(2)15-8-10-17-16(19(15)24-5)9-11-18-21(17,3)12-7-13-22(18,4)20(23)25-6/h8-11,14,18H,7,12-13H2,1-6H3/t18?,21-,22-/m1/s1. The zero-order chi connectivity index (χ0) is 18.4. The van der Waals surface area contributed by atoms with Crippen LogP contribution in [0, 0.1) is 11.3 Å². The van der Waals surface area contributed by atoms with Gasteiger partial charge in [0.15, 0.2) is 0 Å². The van der Waals surface area contributed by atoms with E-state index in [0.717, 1.165) is 25.0 Å². The predicted molar refractivity (Wildman–Crippen MR) is 101 cm³/mol. The summed E-state index contributed by atoms with van der Waals surface area (Å²) in [5.41, 5.74) is 3.17. The fourth-order valence-corrected chi connectivity index (χ4v) is 5.18. The van der Waals surface area contributed by atoms with Gasteiger partial charge >= 0.3 is 5.97 Å². The third-order valence-corrected chi connectivity index (χ3v) is 6.54. The molecule has 0 amide bonds. The monoisotopic (exact) mass is 342 g/mol. The van der Waals surface area contributed by atoms with Crippen molar-refractivity contribution in [3.05, 3.63) is 34.9 Å². The van der Waals surface area contributed by atoms with Crippen LogP contribution in [0.15, 0.2) is 18.2 Å². The van der Waals surface area contributed by atoms with Crippen LogP contribution in [0.3, 0.4) is 0 Å². The Kier molecular flexibility index (Phi) is 4.47. The highest BCUT2D eigenvalue weighted by Gasteiger charge is 2.54. The smallest absolute Gasteiger partial charge is 0.312 e. The summed E-state index contributed by atoms with van der Waals surface area (Å²) in [5, 5.41) is 0. The Morgan fingerprint density at radius 3 is 2.52 bits per heavy atom. The van der Waals surface area contributed by atoms with Crippen LogP contribution in [0.4, 0.5) is 0 Å². The molecular formula is C22H30O3. The number of carbonyl (C=O) groups is 1. The van der Waals surface area contributed by atoms with Crippen molar-refractivity contribution in [2.75, 3.05) is 14.2 Å². The molecule has 3 nitrogen and oxygen atoms in total. The van der Waals surface area contributed by atoms with Gasteiger partial charge in [-0.25, -0.2) is 0 Å². The van der Waals surface area contributed by atoms with Crippen molar-refractivity contribution in [1.82, 2.24) is 0 Å². The van der Waals surface area contributed by atoms with Crippen molar-refractivity contribution in [3.8, 4) is 5.75 Å². The van der Waals surface area contributed by atoms with Crippen LogP contribution in [-0.2, 0) is 14.9 Å². The number of hydrogen-bond donors (Lipinski definition) is 0. The van der Waals surface area contributed by atoms with Gasteiger partial charge in [0.1, 0.15) is 5.75 Å². The summed E-state index contributed by atoms with van der Waals surface area (Å²) in [7, 11) is 3.25. The van der Waals surface area contributed by atoms with E-state index in [4.69, 9.17) is 9.47 Å². The van der Waals surface area contributed by atoms with Crippen molar-refractivity contribution in [2.45, 2.75) is 58.3 Å². The van der Waals surface area contributed by atoms with E-state index < -0.39 is 5.41 Å². The number of esters is 1. The lowest BCUT2D eigenvalue weighted by Gasteiger charge is -2.52. The van der Waals surface area contributed by atoms with E-state index in [1.165, 1.54) is 23.8 Å². The molecule has 0 radical (unpaired) electrons. The molecule has 3 atom stereocenters. The molecule has 0 bridgehead atoms. The fraction of sp³-hybridized carbons (Fsp3) is 0.591. The van der Waals surface area contributed by atoms with Gasteiger partial charge in [-0.2, -0.15) is 0 Å². The number of benzene rings is 1. The van der Waals surface area contributed by atoms with Crippen molar-refractivity contribution in [3.63, 3.8) is 0 Å². The predicted octanol–water partition coefficient (Wildman–Crippen LogP) is 5.08. The molecule has 1 saturated carbocycles. The second-order valence-corrected chi connectivity index (χ2v) is 8.32. The molecule has 2 aliphatic rings. The van der Waals surface area contributed by atoms with Gasteiger partial charge in [0, 0.05) is 16.9 Å². The van der Waals surface area contributed by atoms with Crippen molar-refractivity contribution < 1.29 is 14.3 Å². The first-order valence-electron chi connectivity index (χ1n) is 9.27. The van der Waals surface area contributed by atoms with Gasteiger partial charge in [-0.3, -0.25) is 4.79 Å². The Balaban J connectivity index is 2.18. The van der Waals surface area contributed by atoms with Crippen LogP contribution in [0.2, 0.25) is 0 Å². The molecule has 0 heterocycles. The highest BCUT2D eigenvalue weighted by molar-refractivity contribution is 5.79. The van der Waals surface area contributed by atoms with Gasteiger partial charge in [-0.1, -0.05) is 51.5 Å². The number of fused-ring (bicyclic) bond motifs is 3. The molecule has 3 heteroatoms. The molecule has 0 aromatic heterocycles. The lowest BCUT2D eigenvalue weighted by atomic mass is 9.51. The minimum atomic E-state index is -0.472.